The van der Waals surface area contributed by atoms with Crippen molar-refractivity contribution in [1.29, 1.82) is 0 Å². The highest BCUT2D eigenvalue weighted by Crippen LogP contribution is 2.53. The third-order valence-electron chi connectivity index (χ3n) is 28.6. The molecule has 0 bridgehead atoms. The zero-order valence-electron chi connectivity index (χ0n) is 79.0. The van der Waals surface area contributed by atoms with Gasteiger partial charge >= 0.3 is 7.12 Å². The molecule has 7 aliphatic rings. The minimum Gasteiger partial charge on any atom is -0.423 e. The summed E-state index contributed by atoms with van der Waals surface area (Å²) in [6.07, 6.45) is 13.0. The number of para-hydroxylation sites is 7. The Bertz CT molecular complexity index is 9250. The number of nitro groups is 2. The van der Waals surface area contributed by atoms with Crippen LogP contribution < -0.4 is 5.46 Å². The van der Waals surface area contributed by atoms with E-state index < -0.39 is 12.0 Å². The van der Waals surface area contributed by atoms with Crippen LogP contribution in [0.5, 0.6) is 0 Å². The molecule has 0 radical (unpaired) electrons. The largest absolute Gasteiger partial charge is 0.489 e. The predicted molar refractivity (Wildman–Crippen MR) is 647 cm³/mol. The summed E-state index contributed by atoms with van der Waals surface area (Å²) in [5.74, 6) is 0. The van der Waals surface area contributed by atoms with E-state index in [0.29, 0.717) is 24.4 Å². The van der Waals surface area contributed by atoms with E-state index in [2.05, 4.69) is 435 Å². The van der Waals surface area contributed by atoms with Crippen LogP contribution in [-0.2, 0) is 38.5 Å². The van der Waals surface area contributed by atoms with Gasteiger partial charge in [0.25, 0.3) is 11.4 Å². The Morgan fingerprint density at radius 2 is 0.721 bits per heavy atom. The summed E-state index contributed by atoms with van der Waals surface area (Å²) in [6, 6.07) is 134. The number of hydrogen-bond acceptors (Lipinski definition) is 6. The lowest BCUT2D eigenvalue weighted by atomic mass is 9.75. The van der Waals surface area contributed by atoms with Gasteiger partial charge in [0.2, 0.25) is 0 Å². The van der Waals surface area contributed by atoms with Crippen molar-refractivity contribution in [2.24, 2.45) is 0 Å². The SMILES string of the molecule is Brc1cccc2c1-c1ccccc1C2.Brc1cccc2c1[nH]c1ccc3c(c12)-c1ccccc1C3.Brc1cccc2c3c4c(ccc3n(-c3ccccc3)c12)Cc1ccccc1-4.C1=CC2=C(CC1)c1c(ccc3c1c1cccc4c5ccccc5n3c41)C2.Ic1ccccc1.O=[N+]([O-])c1c(Br)cccc1-c1cccc2c1-c1ccccc1C2.O=[N+]([O-])c1c(Br)cccc1Br.OB(O)c1cccc2c1-c1ccccc1C2.PP. The Labute approximate surface area is 919 Å². The normalized spacial score (nSPS) is 12.6. The Kier molecular flexibility index (Phi) is 28.9. The molecule has 716 valence electrons. The molecular formula is C126H89BBr6IN5O6P2. The molecule has 30 rings (SSSR count). The summed E-state index contributed by atoms with van der Waals surface area (Å²) in [4.78, 5) is 24.7. The molecule has 11 nitrogen and oxygen atoms in total. The molecule has 4 aromatic heterocycles. The van der Waals surface area contributed by atoms with Crippen LogP contribution >= 0.6 is 136 Å². The second-order valence-corrected chi connectivity index (χ2v) is 43.2. The molecule has 0 aliphatic heterocycles. The number of nitrogens with zero attached hydrogens (tertiary/aromatic N) is 4. The van der Waals surface area contributed by atoms with Crippen molar-refractivity contribution in [1.82, 2.24) is 14.0 Å². The van der Waals surface area contributed by atoms with Gasteiger partial charge in [0, 0.05) is 71.3 Å². The number of H-pyrrole nitrogens is 1. The van der Waals surface area contributed by atoms with Crippen LogP contribution in [0.3, 0.4) is 0 Å². The van der Waals surface area contributed by atoms with Gasteiger partial charge in [-0.2, -0.15) is 0 Å². The van der Waals surface area contributed by atoms with Gasteiger partial charge in [-0.05, 0) is 389 Å². The highest BCUT2D eigenvalue weighted by molar-refractivity contribution is 14.1. The van der Waals surface area contributed by atoms with Crippen molar-refractivity contribution in [3.8, 4) is 72.4 Å². The van der Waals surface area contributed by atoms with Gasteiger partial charge in [0.1, 0.15) is 0 Å². The minimum absolute atomic E-state index is 0.0625. The zero-order valence-corrected chi connectivity index (χ0v) is 92.9. The Morgan fingerprint density at radius 3 is 1.31 bits per heavy atom. The van der Waals surface area contributed by atoms with Gasteiger partial charge in [0.05, 0.1) is 61.9 Å². The van der Waals surface area contributed by atoms with E-state index >= 15 is 0 Å². The first-order valence-electron chi connectivity index (χ1n) is 48.3. The monoisotopic (exact) mass is 2440 g/mol. The average Bonchev–Trinajstić information content (AvgIpc) is 1.53. The molecular weight excluding hydrogens is 2360 g/mol. The maximum atomic E-state index is 11.5. The second-order valence-electron chi connectivity index (χ2n) is 36.8. The summed E-state index contributed by atoms with van der Waals surface area (Å²) in [5, 5.41) is 51.6. The van der Waals surface area contributed by atoms with Gasteiger partial charge in [0.15, 0.2) is 0 Å². The number of hydrogen-bond donors (Lipinski definition) is 3. The lowest BCUT2D eigenvalue weighted by Crippen LogP contribution is -2.31. The molecule has 147 heavy (non-hydrogen) atoms. The third-order valence-corrected chi connectivity index (χ3v) is 33.2. The first-order chi connectivity index (χ1) is 71.9. The average molecular weight is 2450 g/mol. The maximum absolute atomic E-state index is 11.5. The van der Waals surface area contributed by atoms with Crippen LogP contribution in [0.1, 0.15) is 79.6 Å². The number of fused-ring (bicyclic) bond motifs is 32. The second kappa shape index (κ2) is 42.9. The topological polar surface area (TPSA) is 152 Å². The third kappa shape index (κ3) is 18.6. The van der Waals surface area contributed by atoms with E-state index in [4.69, 9.17) is 0 Å². The van der Waals surface area contributed by atoms with Gasteiger partial charge in [-0.3, -0.25) is 20.2 Å². The standard InChI is InChI=1S/C25H16BrN.C25H17N.C19H12BrNO2.C19H12BrN.C13H11BO2.C13H9Br.C6H3Br2NO2.C6H5I.H4P2/c26-21-12-6-11-20-24-22(27(25(20)21)18-8-2-1-3-9-18)14-13-17-15-16-7-4-5-10-19(16)23(17)24;1-2-7-17-15(6-1)14-16-12-13-22-24(23(16)17)20-10-5-9-19-18-8-3-4-11-21(18)26(22)25(19)20;20-17-10-4-9-16(19(17)21(22)23)15-8-3-6-13-11-12-5-1-2-7-14(12)18(13)15;20-15-7-3-6-14-18-16(21-19(14)15)9-8-12-10-11-4-1-2-5-13(11)17(12)18;15-14(16)12-7-3-5-10-8-9-4-1-2-6-11(9)13(10)12;14-12-7-3-5-10-8-9-4-1-2-6-11(9)13(10)12;7-4-2-1-3-5(8)6(4)9(10)11;7-6-4-2-1-3-5-6;1-2/h1-14H,15H2;1,3-6,8-13H,2,7,14H2;1-10H,11H2;1-9,21H,10H2;1-7,15-16H,8H2;1-7H,8H2;1-3H;1-5H;1-2H2. The molecule has 0 saturated heterocycles. The molecule has 0 amide bonds. The van der Waals surface area contributed by atoms with E-state index in [9.17, 15) is 30.3 Å². The zero-order chi connectivity index (χ0) is 101. The van der Waals surface area contributed by atoms with Crippen molar-refractivity contribution in [3.05, 3.63) is 523 Å². The molecule has 2 atom stereocenters. The molecule has 21 heteroatoms. The molecule has 0 spiro atoms. The fourth-order valence-corrected chi connectivity index (χ4v) is 26.4. The molecule has 19 aromatic carbocycles. The van der Waals surface area contributed by atoms with E-state index in [-0.39, 0.29) is 16.3 Å². The maximum Gasteiger partial charge on any atom is 0.489 e. The molecule has 23 aromatic rings. The number of aromatic nitrogens is 3. The van der Waals surface area contributed by atoms with Crippen LogP contribution in [0.2, 0.25) is 0 Å². The number of aromatic amines is 1. The molecule has 0 saturated carbocycles. The summed E-state index contributed by atoms with van der Waals surface area (Å²) in [6.45, 7) is 0. The number of rotatable bonds is 5. The summed E-state index contributed by atoms with van der Waals surface area (Å²) in [5.41, 5.74) is 44.9. The summed E-state index contributed by atoms with van der Waals surface area (Å²) >= 11 is 22.8. The number of allylic oxidation sites excluding steroid dienone is 4. The summed E-state index contributed by atoms with van der Waals surface area (Å²) in [7, 11) is 3.26. The van der Waals surface area contributed by atoms with Gasteiger partial charge in [-0.1, -0.05) is 325 Å². The molecule has 0 fully saturated rings. The van der Waals surface area contributed by atoms with E-state index in [1.165, 1.54) is 220 Å². The number of halogens is 7. The quantitative estimate of drug-likeness (QED) is 0.0513. The first kappa shape index (κ1) is 99.0. The van der Waals surface area contributed by atoms with Crippen molar-refractivity contribution < 1.29 is 19.9 Å². The van der Waals surface area contributed by atoms with Crippen LogP contribution in [0, 0.1) is 23.8 Å². The molecule has 3 N–H and O–H groups in total. The number of nitro benzene ring substituents is 2. The van der Waals surface area contributed by atoms with Crippen LogP contribution in [-0.4, -0.2) is 41.0 Å². The van der Waals surface area contributed by atoms with E-state index in [1.807, 2.05) is 84.9 Å². The Morgan fingerprint density at radius 1 is 0.320 bits per heavy atom. The van der Waals surface area contributed by atoms with Gasteiger partial charge in [-0.25, -0.2) is 0 Å². The number of benzene rings is 19. The molecule has 4 heterocycles. The van der Waals surface area contributed by atoms with Gasteiger partial charge in [-0.15, -0.1) is 17.9 Å². The molecule has 2 unspecified atom stereocenters. The van der Waals surface area contributed by atoms with Crippen LogP contribution in [0.25, 0.3) is 160 Å². The number of nitrogens with one attached hydrogen (secondary N) is 1. The van der Waals surface area contributed by atoms with Crippen molar-refractivity contribution in [3.63, 3.8) is 0 Å². The summed E-state index contributed by atoms with van der Waals surface area (Å²) < 4.78 is 11.1. The Balaban J connectivity index is 0.0000000975. The smallest absolute Gasteiger partial charge is 0.423 e. The van der Waals surface area contributed by atoms with Crippen molar-refractivity contribution >= 4 is 247 Å². The Hall–Kier alpha value is -12.7. The highest BCUT2D eigenvalue weighted by atomic mass is 127. The fourth-order valence-electron chi connectivity index (χ4n) is 22.6. The lowest BCUT2D eigenvalue weighted by molar-refractivity contribution is -0.386. The van der Waals surface area contributed by atoms with Crippen LogP contribution in [0.15, 0.2) is 433 Å². The predicted octanol–water partition coefficient (Wildman–Crippen LogP) is 35.9. The minimum atomic E-state index is -1.40. The first-order valence-corrected chi connectivity index (χ1v) is 56.8. The van der Waals surface area contributed by atoms with E-state index in [0.717, 1.165) is 69.7 Å². The highest BCUT2D eigenvalue weighted by Gasteiger charge is 2.33. The fraction of sp³-hybridized carbons (Fsp3) is 0.0635. The van der Waals surface area contributed by atoms with Crippen molar-refractivity contribution in [2.75, 3.05) is 0 Å². The van der Waals surface area contributed by atoms with Gasteiger partial charge < -0.3 is 24.0 Å². The molecule has 7 aliphatic carbocycles. The lowest BCUT2D eigenvalue weighted by Gasteiger charge is -2.11. The van der Waals surface area contributed by atoms with Crippen LogP contribution in [0.4, 0.5) is 11.4 Å². The van der Waals surface area contributed by atoms with Crippen molar-refractivity contribution in [2.45, 2.75) is 51.4 Å². The van der Waals surface area contributed by atoms with E-state index in [1.54, 1.807) is 35.9 Å².